The van der Waals surface area contributed by atoms with E-state index in [1.54, 1.807) is 0 Å². The zero-order valence-corrected chi connectivity index (χ0v) is 10.2. The molecule has 0 unspecified atom stereocenters. The van der Waals surface area contributed by atoms with Crippen molar-refractivity contribution in [2.75, 3.05) is 0 Å². The highest BCUT2D eigenvalue weighted by molar-refractivity contribution is 4.75. The van der Waals surface area contributed by atoms with Gasteiger partial charge >= 0.3 is 0 Å². The Hall–Kier alpha value is -0.0400. The lowest BCUT2D eigenvalue weighted by atomic mass is 9.94. The maximum atomic E-state index is 3.77. The third-order valence-electron chi connectivity index (χ3n) is 3.30. The first kappa shape index (κ1) is 12.0. The van der Waals surface area contributed by atoms with Crippen molar-refractivity contribution in [3.8, 4) is 0 Å². The molecule has 1 atom stereocenters. The molecule has 1 heteroatoms. The molecule has 0 aliphatic heterocycles. The molecule has 1 rings (SSSR count). The summed E-state index contributed by atoms with van der Waals surface area (Å²) >= 11 is 0. The van der Waals surface area contributed by atoms with Gasteiger partial charge in [0.05, 0.1) is 0 Å². The van der Waals surface area contributed by atoms with Crippen LogP contribution in [0.1, 0.15) is 65.7 Å². The molecule has 0 aromatic carbocycles. The summed E-state index contributed by atoms with van der Waals surface area (Å²) in [6.45, 7) is 6.97. The smallest absolute Gasteiger partial charge is 0.00695 e. The fourth-order valence-corrected chi connectivity index (χ4v) is 2.34. The highest BCUT2D eigenvalue weighted by atomic mass is 14.9. The van der Waals surface area contributed by atoms with E-state index in [0.29, 0.717) is 0 Å². The van der Waals surface area contributed by atoms with Crippen LogP contribution < -0.4 is 5.32 Å². The van der Waals surface area contributed by atoms with Gasteiger partial charge in [-0.2, -0.15) is 0 Å². The van der Waals surface area contributed by atoms with E-state index in [4.69, 9.17) is 0 Å². The van der Waals surface area contributed by atoms with Crippen molar-refractivity contribution >= 4 is 0 Å². The molecule has 0 aromatic heterocycles. The molecule has 1 fully saturated rings. The minimum atomic E-state index is 0.723. The van der Waals surface area contributed by atoms with E-state index in [-0.39, 0.29) is 0 Å². The summed E-state index contributed by atoms with van der Waals surface area (Å²) in [6, 6.07) is 1.55. The highest BCUT2D eigenvalue weighted by Gasteiger charge is 2.15. The summed E-state index contributed by atoms with van der Waals surface area (Å²) in [5.41, 5.74) is 0. The van der Waals surface area contributed by atoms with Crippen LogP contribution in [-0.2, 0) is 0 Å². The van der Waals surface area contributed by atoms with Gasteiger partial charge in [-0.25, -0.2) is 0 Å². The average molecular weight is 197 g/mol. The third kappa shape index (κ3) is 4.99. The zero-order chi connectivity index (χ0) is 10.4. The Labute approximate surface area is 89.7 Å². The van der Waals surface area contributed by atoms with Gasteiger partial charge in [-0.05, 0) is 38.5 Å². The number of hydrogen-bond acceptors (Lipinski definition) is 1. The summed E-state index contributed by atoms with van der Waals surface area (Å²) in [4.78, 5) is 0. The first-order valence-corrected chi connectivity index (χ1v) is 6.44. The van der Waals surface area contributed by atoms with Crippen molar-refractivity contribution in [3.63, 3.8) is 0 Å². The van der Waals surface area contributed by atoms with Crippen molar-refractivity contribution < 1.29 is 0 Å². The van der Waals surface area contributed by atoms with E-state index in [2.05, 4.69) is 26.1 Å². The maximum Gasteiger partial charge on any atom is 0.00695 e. The van der Waals surface area contributed by atoms with Gasteiger partial charge < -0.3 is 5.32 Å². The van der Waals surface area contributed by atoms with Crippen LogP contribution >= 0.6 is 0 Å². The van der Waals surface area contributed by atoms with Crippen molar-refractivity contribution in [2.24, 2.45) is 5.92 Å². The Morgan fingerprint density at radius 3 is 2.21 bits per heavy atom. The van der Waals surface area contributed by atoms with E-state index >= 15 is 0 Å². The molecule has 84 valence electrons. The molecule has 1 nitrogen and oxygen atoms in total. The van der Waals surface area contributed by atoms with E-state index < -0.39 is 0 Å². The number of hydrogen-bond donors (Lipinski definition) is 1. The predicted octanol–water partition coefficient (Wildman–Crippen LogP) is 3.73. The Morgan fingerprint density at radius 2 is 1.64 bits per heavy atom. The quantitative estimate of drug-likeness (QED) is 0.708. The van der Waals surface area contributed by atoms with Crippen LogP contribution in [0.25, 0.3) is 0 Å². The van der Waals surface area contributed by atoms with Gasteiger partial charge in [0.15, 0.2) is 0 Å². The van der Waals surface area contributed by atoms with E-state index in [9.17, 15) is 0 Å². The molecule has 1 aliphatic rings. The van der Waals surface area contributed by atoms with Crippen LogP contribution in [0.4, 0.5) is 0 Å². The first-order valence-electron chi connectivity index (χ1n) is 6.44. The SMILES string of the molecule is CC(C)CC[C@H](C)NC1CCCCC1. The van der Waals surface area contributed by atoms with Crippen molar-refractivity contribution in [1.82, 2.24) is 5.32 Å². The third-order valence-corrected chi connectivity index (χ3v) is 3.30. The Kier molecular flexibility index (Phi) is 5.54. The summed E-state index contributed by atoms with van der Waals surface area (Å²) in [7, 11) is 0. The van der Waals surface area contributed by atoms with Gasteiger partial charge in [-0.15, -0.1) is 0 Å². The first-order chi connectivity index (χ1) is 6.68. The lowest BCUT2D eigenvalue weighted by molar-refractivity contribution is 0.327. The van der Waals surface area contributed by atoms with Gasteiger partial charge in [0.2, 0.25) is 0 Å². The molecule has 1 N–H and O–H groups in total. The molecule has 0 bridgehead atoms. The molecular weight excluding hydrogens is 170 g/mol. The van der Waals surface area contributed by atoms with Crippen LogP contribution in [0.5, 0.6) is 0 Å². The largest absolute Gasteiger partial charge is 0.312 e. The van der Waals surface area contributed by atoms with Crippen LogP contribution in [-0.4, -0.2) is 12.1 Å². The van der Waals surface area contributed by atoms with Gasteiger partial charge in [0.1, 0.15) is 0 Å². The van der Waals surface area contributed by atoms with Crippen LogP contribution in [0, 0.1) is 5.92 Å². The Balaban J connectivity index is 2.09. The summed E-state index contributed by atoms with van der Waals surface area (Å²) < 4.78 is 0. The summed E-state index contributed by atoms with van der Waals surface area (Å²) in [5.74, 6) is 0.852. The van der Waals surface area contributed by atoms with Crippen LogP contribution in [0.15, 0.2) is 0 Å². The summed E-state index contributed by atoms with van der Waals surface area (Å²) in [5, 5.41) is 3.77. The highest BCUT2D eigenvalue weighted by Crippen LogP contribution is 2.18. The summed E-state index contributed by atoms with van der Waals surface area (Å²) in [6.07, 6.45) is 9.86. The van der Waals surface area contributed by atoms with E-state index in [1.807, 2.05) is 0 Å². The minimum absolute atomic E-state index is 0.723. The predicted molar refractivity (Wildman–Crippen MR) is 63.5 cm³/mol. The Bertz CT molecular complexity index is 136. The van der Waals surface area contributed by atoms with Crippen molar-refractivity contribution in [3.05, 3.63) is 0 Å². The second kappa shape index (κ2) is 6.44. The van der Waals surface area contributed by atoms with Crippen molar-refractivity contribution in [1.29, 1.82) is 0 Å². The normalized spacial score (nSPS) is 21.4. The fraction of sp³-hybridized carbons (Fsp3) is 1.00. The molecule has 1 aliphatic carbocycles. The molecule has 14 heavy (non-hydrogen) atoms. The number of rotatable bonds is 5. The van der Waals surface area contributed by atoms with Crippen LogP contribution in [0.3, 0.4) is 0 Å². The van der Waals surface area contributed by atoms with E-state index in [1.165, 1.54) is 44.9 Å². The zero-order valence-electron chi connectivity index (χ0n) is 10.2. The second-order valence-electron chi connectivity index (χ2n) is 5.37. The average Bonchev–Trinajstić information content (AvgIpc) is 2.16. The maximum absolute atomic E-state index is 3.77. The molecular formula is C13H27N. The monoisotopic (exact) mass is 197 g/mol. The van der Waals surface area contributed by atoms with Gasteiger partial charge in [0, 0.05) is 12.1 Å². The minimum Gasteiger partial charge on any atom is -0.312 e. The molecule has 1 saturated carbocycles. The second-order valence-corrected chi connectivity index (χ2v) is 5.37. The van der Waals surface area contributed by atoms with E-state index in [0.717, 1.165) is 18.0 Å². The molecule has 0 radical (unpaired) electrons. The topological polar surface area (TPSA) is 12.0 Å². The van der Waals surface area contributed by atoms with Gasteiger partial charge in [-0.3, -0.25) is 0 Å². The number of nitrogens with one attached hydrogen (secondary N) is 1. The van der Waals surface area contributed by atoms with Crippen LogP contribution in [0.2, 0.25) is 0 Å². The van der Waals surface area contributed by atoms with Crippen molar-refractivity contribution in [2.45, 2.75) is 77.8 Å². The molecule has 0 saturated heterocycles. The molecule has 0 heterocycles. The lowest BCUT2D eigenvalue weighted by Crippen LogP contribution is -2.37. The molecule has 0 spiro atoms. The molecule has 0 aromatic rings. The Morgan fingerprint density at radius 1 is 1.00 bits per heavy atom. The lowest BCUT2D eigenvalue weighted by Gasteiger charge is -2.27. The molecule has 0 amide bonds. The standard InChI is InChI=1S/C13H27N/c1-11(2)9-10-12(3)14-13-7-5-4-6-8-13/h11-14H,4-10H2,1-3H3/t12-/m0/s1. The fourth-order valence-electron chi connectivity index (χ4n) is 2.34. The van der Waals surface area contributed by atoms with Gasteiger partial charge in [-0.1, -0.05) is 33.1 Å². The van der Waals surface area contributed by atoms with Gasteiger partial charge in [0.25, 0.3) is 0 Å².